The van der Waals surface area contributed by atoms with Crippen molar-refractivity contribution in [3.8, 4) is 0 Å². The molecule has 0 aliphatic carbocycles. The lowest BCUT2D eigenvalue weighted by molar-refractivity contribution is -0.131. The summed E-state index contributed by atoms with van der Waals surface area (Å²) in [6.07, 6.45) is 3.88. The number of carbonyl (C=O) groups excluding carboxylic acids is 1. The summed E-state index contributed by atoms with van der Waals surface area (Å²) in [6, 6.07) is 0. The average molecular weight is 241 g/mol. The summed E-state index contributed by atoms with van der Waals surface area (Å²) in [4.78, 5) is 14.1. The molecule has 0 bridgehead atoms. The van der Waals surface area contributed by atoms with Crippen LogP contribution in [0.4, 0.5) is 0 Å². The van der Waals surface area contributed by atoms with Gasteiger partial charge in [-0.25, -0.2) is 0 Å². The van der Waals surface area contributed by atoms with Gasteiger partial charge in [0.25, 0.3) is 0 Å². The molecule has 2 aliphatic heterocycles. The van der Waals surface area contributed by atoms with Gasteiger partial charge in [0.2, 0.25) is 0 Å². The van der Waals surface area contributed by atoms with Gasteiger partial charge < -0.3 is 14.7 Å². The SMILES string of the molecule is O=C1CCOCC1CN1CCCC(CCO)C1. The quantitative estimate of drug-likeness (QED) is 0.786. The van der Waals surface area contributed by atoms with E-state index in [0.29, 0.717) is 31.3 Å². The minimum Gasteiger partial charge on any atom is -0.396 e. The number of aliphatic hydroxyl groups is 1. The first kappa shape index (κ1) is 13.0. The molecule has 0 saturated carbocycles. The standard InChI is InChI=1S/C13H23NO3/c15-6-3-11-2-1-5-14(8-11)9-12-10-17-7-4-13(12)16/h11-12,15H,1-10H2. The lowest BCUT2D eigenvalue weighted by Gasteiger charge is -2.35. The molecule has 2 aliphatic rings. The van der Waals surface area contributed by atoms with Gasteiger partial charge in [0.1, 0.15) is 5.78 Å². The van der Waals surface area contributed by atoms with Crippen LogP contribution in [0.5, 0.6) is 0 Å². The number of Topliss-reactive ketones (excluding diaryl/α,β-unsaturated/α-hetero) is 1. The lowest BCUT2D eigenvalue weighted by Crippen LogP contribution is -2.43. The zero-order chi connectivity index (χ0) is 12.1. The van der Waals surface area contributed by atoms with E-state index in [1.54, 1.807) is 0 Å². The second-order valence-corrected chi connectivity index (χ2v) is 5.27. The van der Waals surface area contributed by atoms with Gasteiger partial charge in [0.05, 0.1) is 19.1 Å². The number of ketones is 1. The summed E-state index contributed by atoms with van der Waals surface area (Å²) in [5.41, 5.74) is 0. The number of aliphatic hydroxyl groups excluding tert-OH is 1. The molecule has 4 nitrogen and oxygen atoms in total. The van der Waals surface area contributed by atoms with Crippen molar-refractivity contribution in [3.05, 3.63) is 0 Å². The molecular weight excluding hydrogens is 218 g/mol. The number of piperidine rings is 1. The van der Waals surface area contributed by atoms with E-state index >= 15 is 0 Å². The van der Waals surface area contributed by atoms with Crippen LogP contribution in [-0.4, -0.2) is 55.2 Å². The van der Waals surface area contributed by atoms with Gasteiger partial charge in [-0.3, -0.25) is 4.79 Å². The smallest absolute Gasteiger partial charge is 0.141 e. The van der Waals surface area contributed by atoms with Crippen LogP contribution in [0.2, 0.25) is 0 Å². The molecule has 98 valence electrons. The number of nitrogens with zero attached hydrogens (tertiary/aromatic N) is 1. The summed E-state index contributed by atoms with van der Waals surface area (Å²) in [7, 11) is 0. The highest BCUT2D eigenvalue weighted by molar-refractivity contribution is 5.82. The van der Waals surface area contributed by atoms with E-state index in [1.165, 1.54) is 12.8 Å². The maximum Gasteiger partial charge on any atom is 0.141 e. The van der Waals surface area contributed by atoms with Gasteiger partial charge in [-0.15, -0.1) is 0 Å². The predicted molar refractivity (Wildman–Crippen MR) is 64.8 cm³/mol. The van der Waals surface area contributed by atoms with Crippen LogP contribution in [0.25, 0.3) is 0 Å². The Morgan fingerprint density at radius 2 is 2.35 bits per heavy atom. The molecule has 1 N–H and O–H groups in total. The number of rotatable bonds is 4. The fraction of sp³-hybridized carbons (Fsp3) is 0.923. The second-order valence-electron chi connectivity index (χ2n) is 5.27. The summed E-state index contributed by atoms with van der Waals surface area (Å²) in [5.74, 6) is 1.05. The molecule has 0 radical (unpaired) electrons. The van der Waals surface area contributed by atoms with E-state index in [-0.39, 0.29) is 12.5 Å². The van der Waals surface area contributed by atoms with Gasteiger partial charge in [-0.1, -0.05) is 0 Å². The zero-order valence-corrected chi connectivity index (χ0v) is 10.4. The summed E-state index contributed by atoms with van der Waals surface area (Å²) in [6.45, 7) is 4.45. The summed E-state index contributed by atoms with van der Waals surface area (Å²) >= 11 is 0. The van der Waals surface area contributed by atoms with Crippen molar-refractivity contribution in [2.75, 3.05) is 39.5 Å². The Hall–Kier alpha value is -0.450. The Labute approximate surface area is 103 Å². The largest absolute Gasteiger partial charge is 0.396 e. The number of carbonyl (C=O) groups is 1. The lowest BCUT2D eigenvalue weighted by atomic mass is 9.93. The van der Waals surface area contributed by atoms with E-state index in [9.17, 15) is 4.79 Å². The van der Waals surface area contributed by atoms with Crippen molar-refractivity contribution >= 4 is 5.78 Å². The molecule has 0 aromatic rings. The van der Waals surface area contributed by atoms with Gasteiger partial charge in [-0.05, 0) is 31.7 Å². The van der Waals surface area contributed by atoms with Crippen LogP contribution in [0.3, 0.4) is 0 Å². The third-order valence-corrected chi connectivity index (χ3v) is 3.89. The number of ether oxygens (including phenoxy) is 1. The maximum atomic E-state index is 11.7. The highest BCUT2D eigenvalue weighted by Crippen LogP contribution is 2.21. The van der Waals surface area contributed by atoms with Crippen molar-refractivity contribution in [3.63, 3.8) is 0 Å². The highest BCUT2D eigenvalue weighted by atomic mass is 16.5. The number of likely N-dealkylation sites (tertiary alicyclic amines) is 1. The van der Waals surface area contributed by atoms with Crippen molar-refractivity contribution in [1.29, 1.82) is 0 Å². The number of hydrogen-bond donors (Lipinski definition) is 1. The molecular formula is C13H23NO3. The zero-order valence-electron chi connectivity index (χ0n) is 10.4. The molecule has 2 atom stereocenters. The maximum absolute atomic E-state index is 11.7. The van der Waals surface area contributed by atoms with Gasteiger partial charge in [-0.2, -0.15) is 0 Å². The Kier molecular flexibility index (Phi) is 4.95. The Morgan fingerprint density at radius 1 is 1.47 bits per heavy atom. The second kappa shape index (κ2) is 6.47. The van der Waals surface area contributed by atoms with E-state index in [4.69, 9.17) is 9.84 Å². The first-order valence-corrected chi connectivity index (χ1v) is 6.73. The minimum absolute atomic E-state index is 0.0802. The average Bonchev–Trinajstić information content (AvgIpc) is 2.33. The van der Waals surface area contributed by atoms with Crippen LogP contribution >= 0.6 is 0 Å². The van der Waals surface area contributed by atoms with Crippen LogP contribution < -0.4 is 0 Å². The minimum atomic E-state index is 0.0802. The Morgan fingerprint density at radius 3 is 3.12 bits per heavy atom. The molecule has 0 spiro atoms. The molecule has 4 heteroatoms. The monoisotopic (exact) mass is 241 g/mol. The van der Waals surface area contributed by atoms with E-state index in [0.717, 1.165) is 26.1 Å². The van der Waals surface area contributed by atoms with Crippen molar-refractivity contribution in [1.82, 2.24) is 4.90 Å². The molecule has 0 aromatic carbocycles. The molecule has 2 saturated heterocycles. The topological polar surface area (TPSA) is 49.8 Å². The van der Waals surface area contributed by atoms with Crippen LogP contribution in [-0.2, 0) is 9.53 Å². The first-order chi connectivity index (χ1) is 8.29. The Balaban J connectivity index is 1.79. The first-order valence-electron chi connectivity index (χ1n) is 6.73. The highest BCUT2D eigenvalue weighted by Gasteiger charge is 2.27. The molecule has 2 fully saturated rings. The van der Waals surface area contributed by atoms with Crippen molar-refractivity contribution in [2.45, 2.75) is 25.7 Å². The molecule has 2 heterocycles. The van der Waals surface area contributed by atoms with Crippen LogP contribution in [0.1, 0.15) is 25.7 Å². The van der Waals surface area contributed by atoms with Gasteiger partial charge >= 0.3 is 0 Å². The fourth-order valence-electron chi connectivity index (χ4n) is 2.90. The van der Waals surface area contributed by atoms with Crippen molar-refractivity contribution < 1.29 is 14.6 Å². The summed E-state index contributed by atoms with van der Waals surface area (Å²) in [5, 5.41) is 8.98. The van der Waals surface area contributed by atoms with E-state index < -0.39 is 0 Å². The predicted octanol–water partition coefficient (Wildman–Crippen LogP) is 0.686. The van der Waals surface area contributed by atoms with Crippen LogP contribution in [0, 0.1) is 11.8 Å². The Bertz CT molecular complexity index is 255. The molecule has 2 rings (SSSR count). The van der Waals surface area contributed by atoms with E-state index in [1.807, 2.05) is 0 Å². The molecule has 17 heavy (non-hydrogen) atoms. The molecule has 0 aromatic heterocycles. The van der Waals surface area contributed by atoms with Gasteiger partial charge in [0, 0.05) is 26.1 Å². The third-order valence-electron chi connectivity index (χ3n) is 3.89. The summed E-state index contributed by atoms with van der Waals surface area (Å²) < 4.78 is 5.38. The molecule has 0 amide bonds. The number of hydrogen-bond acceptors (Lipinski definition) is 4. The fourth-order valence-corrected chi connectivity index (χ4v) is 2.90. The molecule has 2 unspecified atom stereocenters. The normalized spacial score (nSPS) is 31.7. The van der Waals surface area contributed by atoms with Gasteiger partial charge in [0.15, 0.2) is 0 Å². The van der Waals surface area contributed by atoms with Crippen molar-refractivity contribution in [2.24, 2.45) is 11.8 Å². The third kappa shape index (κ3) is 3.76. The van der Waals surface area contributed by atoms with E-state index in [2.05, 4.69) is 4.90 Å². The van der Waals surface area contributed by atoms with Crippen LogP contribution in [0.15, 0.2) is 0 Å².